The van der Waals surface area contributed by atoms with Gasteiger partial charge in [0.1, 0.15) is 5.82 Å². The first kappa shape index (κ1) is 15.5. The molecule has 3 N–H and O–H groups in total. The van der Waals surface area contributed by atoms with Crippen molar-refractivity contribution >= 4 is 17.3 Å². The summed E-state index contributed by atoms with van der Waals surface area (Å²) in [6, 6.07) is 4.54. The third kappa shape index (κ3) is 3.67. The molecule has 0 bridgehead atoms. The fourth-order valence-corrected chi connectivity index (χ4v) is 2.31. The lowest BCUT2D eigenvalue weighted by Gasteiger charge is -2.08. The van der Waals surface area contributed by atoms with Gasteiger partial charge in [-0.3, -0.25) is 0 Å². The summed E-state index contributed by atoms with van der Waals surface area (Å²) in [5.74, 6) is 0.383. The molecule has 1 fully saturated rings. The van der Waals surface area contributed by atoms with E-state index >= 15 is 0 Å². The van der Waals surface area contributed by atoms with Gasteiger partial charge in [-0.05, 0) is 65.7 Å². The van der Waals surface area contributed by atoms with Gasteiger partial charge in [0.25, 0.3) is 0 Å². The number of nitrogens with zero attached hydrogens (tertiary/aromatic N) is 3. The van der Waals surface area contributed by atoms with Gasteiger partial charge >= 0.3 is 0 Å². The van der Waals surface area contributed by atoms with Crippen LogP contribution in [-0.2, 0) is 0 Å². The Balaban J connectivity index is 1.71. The number of benzene rings is 1. The minimum absolute atomic E-state index is 0.178. The second-order valence-electron chi connectivity index (χ2n) is 6.38. The van der Waals surface area contributed by atoms with Crippen molar-refractivity contribution in [3.63, 3.8) is 0 Å². The van der Waals surface area contributed by atoms with E-state index in [1.807, 2.05) is 0 Å². The molecule has 0 saturated heterocycles. The van der Waals surface area contributed by atoms with Crippen LogP contribution in [-0.4, -0.2) is 22.7 Å². The van der Waals surface area contributed by atoms with E-state index in [4.69, 9.17) is 10.4 Å². The van der Waals surface area contributed by atoms with Gasteiger partial charge in [0.05, 0.1) is 5.69 Å². The van der Waals surface area contributed by atoms with Crippen LogP contribution in [0.3, 0.4) is 0 Å². The highest BCUT2D eigenvalue weighted by Gasteiger charge is 2.36. The molecule has 122 valence electrons. The van der Waals surface area contributed by atoms with Crippen LogP contribution < -0.4 is 11.1 Å². The number of aliphatic imine (C=N–C) groups is 1. The van der Waals surface area contributed by atoms with Crippen LogP contribution >= 0.6 is 0 Å². The Morgan fingerprint density at radius 2 is 2.22 bits per heavy atom. The van der Waals surface area contributed by atoms with Gasteiger partial charge in [-0.2, -0.15) is 0 Å². The lowest BCUT2D eigenvalue weighted by atomic mass is 10.1. The van der Waals surface area contributed by atoms with E-state index in [1.165, 1.54) is 18.9 Å². The molecule has 0 spiro atoms. The first-order chi connectivity index (χ1) is 11.0. The molecule has 1 saturated carbocycles. The molecule has 6 nitrogen and oxygen atoms in total. The van der Waals surface area contributed by atoms with E-state index in [9.17, 15) is 4.39 Å². The molecule has 0 amide bonds. The monoisotopic (exact) mass is 317 g/mol. The number of nitrogens with two attached hydrogens (primary N) is 1. The number of hydrogen-bond acceptors (Lipinski definition) is 5. The Bertz CT molecular complexity index is 736. The zero-order valence-electron chi connectivity index (χ0n) is 13.3. The van der Waals surface area contributed by atoms with Crippen LogP contribution in [0.25, 0.3) is 0 Å². The number of aryl methyl sites for hydroxylation is 1. The van der Waals surface area contributed by atoms with Crippen molar-refractivity contribution in [1.29, 1.82) is 0 Å². The van der Waals surface area contributed by atoms with Crippen molar-refractivity contribution in [2.75, 3.05) is 11.9 Å². The average molecular weight is 317 g/mol. The van der Waals surface area contributed by atoms with Gasteiger partial charge in [-0.15, -0.1) is 0 Å². The number of nitrogens with one attached hydrogen (secondary N) is 1. The molecule has 23 heavy (non-hydrogen) atoms. The molecule has 3 rings (SSSR count). The summed E-state index contributed by atoms with van der Waals surface area (Å²) in [6.07, 6.45) is 3.60. The predicted molar refractivity (Wildman–Crippen MR) is 86.3 cm³/mol. The van der Waals surface area contributed by atoms with Crippen LogP contribution in [0.4, 0.5) is 15.9 Å². The van der Waals surface area contributed by atoms with Crippen LogP contribution in [0.15, 0.2) is 27.8 Å². The summed E-state index contributed by atoms with van der Waals surface area (Å²) in [5, 5.41) is 10.8. The van der Waals surface area contributed by atoms with E-state index < -0.39 is 0 Å². The molecule has 1 aliphatic carbocycles. The average Bonchev–Trinajstić information content (AvgIpc) is 3.06. The second-order valence-corrected chi connectivity index (χ2v) is 6.38. The molecular formula is C16H20FN5O. The molecule has 0 aliphatic heterocycles. The lowest BCUT2D eigenvalue weighted by molar-refractivity contribution is 0.307. The quantitative estimate of drug-likeness (QED) is 0.631. The fourth-order valence-electron chi connectivity index (χ4n) is 2.31. The number of hydrogen-bond donors (Lipinski definition) is 2. The normalized spacial score (nSPS) is 16.4. The Morgan fingerprint density at radius 3 is 2.91 bits per heavy atom. The number of aromatic nitrogens is 2. The Kier molecular flexibility index (Phi) is 4.02. The summed E-state index contributed by atoms with van der Waals surface area (Å²) in [4.78, 5) is 4.26. The molecule has 7 heteroatoms. The predicted octanol–water partition coefficient (Wildman–Crippen LogP) is 3.16. The van der Waals surface area contributed by atoms with Gasteiger partial charge < -0.3 is 11.1 Å². The van der Waals surface area contributed by atoms with Crippen molar-refractivity contribution in [2.45, 2.75) is 33.1 Å². The van der Waals surface area contributed by atoms with Gasteiger partial charge in [0.2, 0.25) is 5.82 Å². The summed E-state index contributed by atoms with van der Waals surface area (Å²) >= 11 is 0. The van der Waals surface area contributed by atoms with Crippen molar-refractivity contribution in [3.05, 3.63) is 35.3 Å². The van der Waals surface area contributed by atoms with E-state index in [1.54, 1.807) is 19.1 Å². The number of amidine groups is 1. The molecule has 0 radical (unpaired) electrons. The maximum absolute atomic E-state index is 13.3. The van der Waals surface area contributed by atoms with Crippen LogP contribution in [0.2, 0.25) is 0 Å². The molecule has 2 aromatic rings. The first-order valence-corrected chi connectivity index (χ1v) is 7.64. The fraction of sp³-hybridized carbons (Fsp3) is 0.438. The molecule has 0 atom stereocenters. The number of anilines is 1. The smallest absolute Gasteiger partial charge is 0.202 e. The first-order valence-electron chi connectivity index (χ1n) is 7.64. The van der Waals surface area contributed by atoms with Gasteiger partial charge in [0, 0.05) is 6.54 Å². The minimum atomic E-state index is -0.276. The van der Waals surface area contributed by atoms with E-state index in [0.29, 0.717) is 28.2 Å². The molecule has 1 heterocycles. The molecule has 1 aliphatic rings. The minimum Gasteiger partial charge on any atom is -0.382 e. The van der Waals surface area contributed by atoms with Crippen LogP contribution in [0.5, 0.6) is 0 Å². The SMILES string of the molecule is Cc1cc(N=C(N)c2nonc2NCCC2(C)CC2)ccc1F. The summed E-state index contributed by atoms with van der Waals surface area (Å²) in [7, 11) is 0. The van der Waals surface area contributed by atoms with E-state index in [0.717, 1.165) is 13.0 Å². The van der Waals surface area contributed by atoms with Crippen LogP contribution in [0.1, 0.15) is 37.4 Å². The van der Waals surface area contributed by atoms with Crippen molar-refractivity contribution < 1.29 is 9.02 Å². The van der Waals surface area contributed by atoms with E-state index in [2.05, 4.69) is 27.5 Å². The summed E-state index contributed by atoms with van der Waals surface area (Å²) < 4.78 is 18.0. The number of halogens is 1. The van der Waals surface area contributed by atoms with E-state index in [-0.39, 0.29) is 11.7 Å². The zero-order chi connectivity index (χ0) is 16.4. The largest absolute Gasteiger partial charge is 0.382 e. The highest BCUT2D eigenvalue weighted by atomic mass is 19.1. The van der Waals surface area contributed by atoms with Gasteiger partial charge in [-0.1, -0.05) is 6.92 Å². The van der Waals surface area contributed by atoms with Gasteiger partial charge in [-0.25, -0.2) is 14.0 Å². The number of rotatable bonds is 6. The van der Waals surface area contributed by atoms with Crippen LogP contribution in [0, 0.1) is 18.2 Å². The maximum Gasteiger partial charge on any atom is 0.202 e. The Morgan fingerprint density at radius 1 is 1.43 bits per heavy atom. The second kappa shape index (κ2) is 5.98. The van der Waals surface area contributed by atoms with Gasteiger partial charge in [0.15, 0.2) is 11.5 Å². The van der Waals surface area contributed by atoms with Crippen molar-refractivity contribution in [3.8, 4) is 0 Å². The van der Waals surface area contributed by atoms with Crippen molar-refractivity contribution in [1.82, 2.24) is 10.3 Å². The maximum atomic E-state index is 13.3. The third-order valence-electron chi connectivity index (χ3n) is 4.25. The lowest BCUT2D eigenvalue weighted by Crippen LogP contribution is -2.17. The molecule has 1 aromatic heterocycles. The molecule has 0 unspecified atom stereocenters. The Labute approximate surface area is 133 Å². The molecule has 1 aromatic carbocycles. The zero-order valence-corrected chi connectivity index (χ0v) is 13.3. The van der Waals surface area contributed by atoms with Crippen molar-refractivity contribution in [2.24, 2.45) is 16.1 Å². The molecular weight excluding hydrogens is 297 g/mol. The summed E-state index contributed by atoms with van der Waals surface area (Å²) in [5.41, 5.74) is 7.87. The standard InChI is InChI=1S/C16H20FN5O/c1-10-9-11(3-4-12(10)17)20-14(18)13-15(22-23-21-13)19-8-7-16(2)5-6-16/h3-4,9H,5-8H2,1-2H3,(H2,18,20)(H,19,22). The third-order valence-corrected chi connectivity index (χ3v) is 4.25. The summed E-state index contributed by atoms with van der Waals surface area (Å²) in [6.45, 7) is 4.72. The Hall–Kier alpha value is -2.44. The highest BCUT2D eigenvalue weighted by Crippen LogP contribution is 2.47. The topological polar surface area (TPSA) is 89.3 Å². The highest BCUT2D eigenvalue weighted by molar-refractivity contribution is 6.00.